The van der Waals surface area contributed by atoms with Gasteiger partial charge in [0.2, 0.25) is 0 Å². The van der Waals surface area contributed by atoms with Crippen molar-refractivity contribution in [1.82, 2.24) is 0 Å². The predicted molar refractivity (Wildman–Crippen MR) is 63.3 cm³/mol. The number of nitro benzene ring substituents is 1. The molecule has 0 amide bonds. The minimum atomic E-state index is -1.20. The second kappa shape index (κ2) is 5.33. The average molecular weight is 251 g/mol. The quantitative estimate of drug-likeness (QED) is 0.622. The molecule has 0 bridgehead atoms. The van der Waals surface area contributed by atoms with E-state index >= 15 is 0 Å². The number of nitriles is 1. The first-order chi connectivity index (χ1) is 8.39. The Balaban J connectivity index is 2.96. The average Bonchev–Trinajstić information content (AvgIpc) is 2.36. The molecule has 0 aromatic heterocycles. The van der Waals surface area contributed by atoms with E-state index in [1.807, 2.05) is 6.07 Å². The molecule has 1 rings (SSSR count). The van der Waals surface area contributed by atoms with Crippen LogP contribution < -0.4 is 15.2 Å². The van der Waals surface area contributed by atoms with Gasteiger partial charge in [0.25, 0.3) is 0 Å². The summed E-state index contributed by atoms with van der Waals surface area (Å²) in [6.45, 7) is 1.33. The van der Waals surface area contributed by atoms with Crippen LogP contribution in [0.2, 0.25) is 0 Å². The highest BCUT2D eigenvalue weighted by atomic mass is 16.6. The Morgan fingerprint density at radius 3 is 2.78 bits per heavy atom. The highest BCUT2D eigenvalue weighted by molar-refractivity contribution is 5.51. The van der Waals surface area contributed by atoms with Gasteiger partial charge in [-0.25, -0.2) is 0 Å². The van der Waals surface area contributed by atoms with Crippen LogP contribution in [0.15, 0.2) is 18.2 Å². The predicted octanol–water partition coefficient (Wildman–Crippen LogP) is 1.22. The maximum atomic E-state index is 10.9. The summed E-state index contributed by atoms with van der Waals surface area (Å²) in [7, 11) is 1.41. The van der Waals surface area contributed by atoms with Gasteiger partial charge in [-0.1, -0.05) is 0 Å². The van der Waals surface area contributed by atoms with Crippen LogP contribution in [-0.4, -0.2) is 24.2 Å². The first-order valence-electron chi connectivity index (χ1n) is 5.05. The van der Waals surface area contributed by atoms with Crippen molar-refractivity contribution in [3.63, 3.8) is 0 Å². The third-order valence-electron chi connectivity index (χ3n) is 2.15. The van der Waals surface area contributed by atoms with E-state index in [9.17, 15) is 10.1 Å². The lowest BCUT2D eigenvalue weighted by Crippen LogP contribution is -2.40. The highest BCUT2D eigenvalue weighted by Gasteiger charge is 2.22. The van der Waals surface area contributed by atoms with E-state index in [1.165, 1.54) is 32.2 Å². The molecule has 18 heavy (non-hydrogen) atoms. The molecule has 0 aliphatic carbocycles. The van der Waals surface area contributed by atoms with E-state index in [-0.39, 0.29) is 18.0 Å². The SMILES string of the molecule is COc1ccc(OCC(C)(N)C#N)c([N+](=O)[O-])c1. The zero-order valence-corrected chi connectivity index (χ0v) is 10.0. The Kier molecular flexibility index (Phi) is 4.07. The van der Waals surface area contributed by atoms with E-state index < -0.39 is 10.5 Å². The summed E-state index contributed by atoms with van der Waals surface area (Å²) in [5.74, 6) is 0.401. The maximum Gasteiger partial charge on any atom is 0.314 e. The molecule has 0 aliphatic rings. The number of nitrogens with zero attached hydrogens (tertiary/aromatic N) is 2. The second-order valence-corrected chi connectivity index (χ2v) is 3.91. The van der Waals surface area contributed by atoms with Crippen LogP contribution in [0.4, 0.5) is 5.69 Å². The maximum absolute atomic E-state index is 10.9. The summed E-state index contributed by atoms with van der Waals surface area (Å²) < 4.78 is 10.1. The zero-order chi connectivity index (χ0) is 13.8. The van der Waals surface area contributed by atoms with Gasteiger partial charge in [-0.15, -0.1) is 0 Å². The largest absolute Gasteiger partial charge is 0.496 e. The van der Waals surface area contributed by atoms with Gasteiger partial charge in [0, 0.05) is 0 Å². The van der Waals surface area contributed by atoms with Gasteiger partial charge in [-0.2, -0.15) is 5.26 Å². The zero-order valence-electron chi connectivity index (χ0n) is 10.0. The summed E-state index contributed by atoms with van der Waals surface area (Å²) in [4.78, 5) is 10.3. The molecule has 7 heteroatoms. The van der Waals surface area contributed by atoms with Crippen molar-refractivity contribution in [2.75, 3.05) is 13.7 Å². The van der Waals surface area contributed by atoms with Crippen molar-refractivity contribution in [2.45, 2.75) is 12.5 Å². The summed E-state index contributed by atoms with van der Waals surface area (Å²) in [6, 6.07) is 6.02. The van der Waals surface area contributed by atoms with Crippen LogP contribution in [0.5, 0.6) is 11.5 Å². The Morgan fingerprint density at radius 1 is 1.61 bits per heavy atom. The minimum absolute atomic E-state index is 0.0488. The number of benzene rings is 1. The fraction of sp³-hybridized carbons (Fsp3) is 0.364. The molecule has 1 unspecified atom stereocenters. The first-order valence-corrected chi connectivity index (χ1v) is 5.05. The molecule has 0 saturated carbocycles. The molecule has 1 atom stereocenters. The summed E-state index contributed by atoms with van der Waals surface area (Å²) in [6.07, 6.45) is 0. The van der Waals surface area contributed by atoms with Crippen molar-refractivity contribution in [2.24, 2.45) is 5.73 Å². The fourth-order valence-electron chi connectivity index (χ4n) is 1.15. The number of hydrogen-bond donors (Lipinski definition) is 1. The molecular weight excluding hydrogens is 238 g/mol. The monoisotopic (exact) mass is 251 g/mol. The Morgan fingerprint density at radius 2 is 2.28 bits per heavy atom. The van der Waals surface area contributed by atoms with Crippen LogP contribution in [0.3, 0.4) is 0 Å². The van der Waals surface area contributed by atoms with E-state index in [0.29, 0.717) is 5.75 Å². The van der Waals surface area contributed by atoms with Crippen LogP contribution in [0, 0.1) is 21.4 Å². The third kappa shape index (κ3) is 3.33. The number of ether oxygens (including phenoxy) is 2. The van der Waals surface area contributed by atoms with Gasteiger partial charge >= 0.3 is 5.69 Å². The van der Waals surface area contributed by atoms with Crippen LogP contribution >= 0.6 is 0 Å². The molecule has 0 spiro atoms. The smallest absolute Gasteiger partial charge is 0.314 e. The Labute approximate surface area is 104 Å². The molecule has 1 aromatic rings. The summed E-state index contributed by atoms with van der Waals surface area (Å²) in [5, 5.41) is 19.6. The van der Waals surface area contributed by atoms with Gasteiger partial charge in [0.05, 0.1) is 24.2 Å². The molecule has 0 aliphatic heterocycles. The molecule has 1 aromatic carbocycles. The normalized spacial score (nSPS) is 13.2. The van der Waals surface area contributed by atoms with Crippen LogP contribution in [0.1, 0.15) is 6.92 Å². The summed E-state index contributed by atoms with van der Waals surface area (Å²) >= 11 is 0. The van der Waals surface area contributed by atoms with E-state index in [2.05, 4.69) is 0 Å². The van der Waals surface area contributed by atoms with Crippen molar-refractivity contribution < 1.29 is 14.4 Å². The van der Waals surface area contributed by atoms with Crippen molar-refractivity contribution in [3.05, 3.63) is 28.3 Å². The van der Waals surface area contributed by atoms with E-state index in [0.717, 1.165) is 0 Å². The number of methoxy groups -OCH3 is 1. The number of nitrogens with two attached hydrogens (primary N) is 1. The molecule has 0 heterocycles. The molecule has 7 nitrogen and oxygen atoms in total. The first kappa shape index (κ1) is 13.7. The Bertz CT molecular complexity index is 494. The van der Waals surface area contributed by atoms with Crippen molar-refractivity contribution >= 4 is 5.69 Å². The lowest BCUT2D eigenvalue weighted by atomic mass is 10.1. The molecule has 2 N–H and O–H groups in total. The standard InChI is InChI=1S/C11H13N3O4/c1-11(13,6-12)7-18-10-4-3-8(17-2)5-9(10)14(15)16/h3-5H,7,13H2,1-2H3. The van der Waals surface area contributed by atoms with Crippen molar-refractivity contribution in [1.29, 1.82) is 5.26 Å². The fourth-order valence-corrected chi connectivity index (χ4v) is 1.15. The van der Waals surface area contributed by atoms with E-state index in [1.54, 1.807) is 0 Å². The Hall–Kier alpha value is -2.33. The van der Waals surface area contributed by atoms with Gasteiger partial charge < -0.3 is 15.2 Å². The minimum Gasteiger partial charge on any atom is -0.496 e. The van der Waals surface area contributed by atoms with Gasteiger partial charge in [-0.05, 0) is 19.1 Å². The summed E-state index contributed by atoms with van der Waals surface area (Å²) in [5.41, 5.74) is 4.13. The van der Waals surface area contributed by atoms with Crippen molar-refractivity contribution in [3.8, 4) is 17.6 Å². The molecule has 0 radical (unpaired) electrons. The number of hydrogen-bond acceptors (Lipinski definition) is 6. The third-order valence-corrected chi connectivity index (χ3v) is 2.15. The van der Waals surface area contributed by atoms with Gasteiger partial charge in [0.15, 0.2) is 5.75 Å². The lowest BCUT2D eigenvalue weighted by Gasteiger charge is -2.16. The molecule has 0 saturated heterocycles. The van der Waals surface area contributed by atoms with E-state index in [4.69, 9.17) is 20.5 Å². The lowest BCUT2D eigenvalue weighted by molar-refractivity contribution is -0.386. The topological polar surface area (TPSA) is 111 Å². The molecular formula is C11H13N3O4. The molecule has 96 valence electrons. The number of rotatable bonds is 5. The van der Waals surface area contributed by atoms with Gasteiger partial charge in [0.1, 0.15) is 17.9 Å². The van der Waals surface area contributed by atoms with Crippen LogP contribution in [-0.2, 0) is 0 Å². The highest BCUT2D eigenvalue weighted by Crippen LogP contribution is 2.31. The van der Waals surface area contributed by atoms with Crippen LogP contribution in [0.25, 0.3) is 0 Å². The molecule has 0 fully saturated rings. The number of nitro groups is 1. The van der Waals surface area contributed by atoms with Gasteiger partial charge in [-0.3, -0.25) is 10.1 Å². The second-order valence-electron chi connectivity index (χ2n) is 3.91.